The Balaban J connectivity index is 1.68. The molecule has 0 aromatic heterocycles. The normalized spacial score (nSPS) is 22.8. The van der Waals surface area contributed by atoms with Crippen LogP contribution in [-0.2, 0) is 0 Å². The van der Waals surface area contributed by atoms with Gasteiger partial charge in [-0.1, -0.05) is 144 Å². The van der Waals surface area contributed by atoms with Gasteiger partial charge in [-0.3, -0.25) is 0 Å². The lowest BCUT2D eigenvalue weighted by Gasteiger charge is -2.56. The lowest BCUT2D eigenvalue weighted by Crippen LogP contribution is -2.42. The second-order valence-electron chi connectivity index (χ2n) is 12.3. The maximum Gasteiger partial charge on any atom is 0.0480 e. The van der Waals surface area contributed by atoms with Crippen LogP contribution in [0.5, 0.6) is 0 Å². The molecule has 0 bridgehead atoms. The first-order valence-electron chi connectivity index (χ1n) is 15.8. The average Bonchev–Trinajstić information content (AvgIpc) is 3.00. The van der Waals surface area contributed by atoms with Crippen molar-refractivity contribution >= 4 is 32.0 Å². The van der Waals surface area contributed by atoms with Crippen LogP contribution in [-0.4, -0.2) is 16.2 Å². The van der Waals surface area contributed by atoms with E-state index in [1.807, 2.05) is 0 Å². The fraction of sp³-hybridized carbons (Fsp3) is 0.421. The molecule has 0 nitrogen and oxygen atoms in total. The van der Waals surface area contributed by atoms with Crippen LogP contribution >= 0.6 is 15.8 Å². The number of hydrogen-bond donors (Lipinski definition) is 0. The minimum Gasteiger partial charge on any atom is -0.0838 e. The molecule has 1 atom stereocenters. The third kappa shape index (κ3) is 5.44. The molecule has 0 N–H and O–H groups in total. The molecule has 0 unspecified atom stereocenters. The largest absolute Gasteiger partial charge is 0.0838 e. The second kappa shape index (κ2) is 12.9. The van der Waals surface area contributed by atoms with Gasteiger partial charge >= 0.3 is 0 Å². The SMILES string of the molecule is CC1=C(c2ccccc2C)[C@@](P(c2ccccc2)c2ccccc2)(P(C2CCCCC2)C2CCCCC2)CC=C1. The van der Waals surface area contributed by atoms with E-state index in [1.54, 1.807) is 16.2 Å². The smallest absolute Gasteiger partial charge is 0.0480 e. The number of aryl methyl sites for hydroxylation is 1. The van der Waals surface area contributed by atoms with Gasteiger partial charge in [-0.05, 0) is 98.1 Å². The second-order valence-corrected chi connectivity index (χ2v) is 18.2. The third-order valence-corrected chi connectivity index (χ3v) is 17.7. The highest BCUT2D eigenvalue weighted by Gasteiger charge is 2.54. The van der Waals surface area contributed by atoms with Gasteiger partial charge in [-0.25, -0.2) is 0 Å². The standard InChI is InChI=1S/C38H46P2/c1-30-18-15-16-28-36(30)37-31(2)19-17-29-38(37,39(32-20-7-3-8-21-32)33-22-9-4-10-23-33)40(34-24-11-5-12-25-34)35-26-13-6-14-27-35/h3-4,7-10,15-23,28,34-35H,5-6,11-14,24-27,29H2,1-2H3/t38-/m0/s1. The van der Waals surface area contributed by atoms with Crippen molar-refractivity contribution in [1.29, 1.82) is 0 Å². The Morgan fingerprint density at radius 3 is 1.62 bits per heavy atom. The van der Waals surface area contributed by atoms with Gasteiger partial charge in [0.1, 0.15) is 0 Å². The Morgan fingerprint density at radius 2 is 1.10 bits per heavy atom. The molecule has 2 heteroatoms. The first kappa shape index (κ1) is 28.1. The maximum atomic E-state index is 2.60. The third-order valence-electron chi connectivity index (χ3n) is 9.74. The molecule has 2 fully saturated rings. The average molecular weight is 565 g/mol. The minimum absolute atomic E-state index is 0.141. The van der Waals surface area contributed by atoms with E-state index >= 15 is 0 Å². The van der Waals surface area contributed by atoms with Crippen LogP contribution in [0.25, 0.3) is 5.57 Å². The Morgan fingerprint density at radius 1 is 0.600 bits per heavy atom. The van der Waals surface area contributed by atoms with Gasteiger partial charge in [-0.2, -0.15) is 0 Å². The van der Waals surface area contributed by atoms with E-state index in [1.165, 1.54) is 87.3 Å². The summed E-state index contributed by atoms with van der Waals surface area (Å²) in [7, 11) is -0.893. The molecule has 0 aliphatic heterocycles. The van der Waals surface area contributed by atoms with Crippen molar-refractivity contribution in [1.82, 2.24) is 0 Å². The molecule has 6 rings (SSSR count). The van der Waals surface area contributed by atoms with Crippen LogP contribution in [0, 0.1) is 6.92 Å². The highest BCUT2D eigenvalue weighted by atomic mass is 31.2. The quantitative estimate of drug-likeness (QED) is 0.250. The van der Waals surface area contributed by atoms with Crippen molar-refractivity contribution in [3.63, 3.8) is 0 Å². The zero-order valence-corrected chi connectivity index (χ0v) is 26.4. The predicted molar refractivity (Wildman–Crippen MR) is 180 cm³/mol. The molecule has 3 aromatic carbocycles. The first-order valence-corrected chi connectivity index (χ1v) is 18.6. The van der Waals surface area contributed by atoms with Crippen molar-refractivity contribution in [3.05, 3.63) is 114 Å². The highest BCUT2D eigenvalue weighted by molar-refractivity contribution is 7.87. The topological polar surface area (TPSA) is 0 Å². The molecule has 0 amide bonds. The molecule has 3 aliphatic rings. The zero-order valence-electron chi connectivity index (χ0n) is 24.6. The molecule has 3 aromatic rings. The van der Waals surface area contributed by atoms with Crippen molar-refractivity contribution < 1.29 is 0 Å². The molecule has 0 spiro atoms. The fourth-order valence-electron chi connectivity index (χ4n) is 8.09. The number of allylic oxidation sites excluding steroid dienone is 4. The van der Waals surface area contributed by atoms with Gasteiger partial charge in [0, 0.05) is 4.90 Å². The van der Waals surface area contributed by atoms with E-state index in [2.05, 4.69) is 111 Å². The van der Waals surface area contributed by atoms with Crippen molar-refractivity contribution in [2.45, 2.75) is 101 Å². The van der Waals surface area contributed by atoms with Gasteiger partial charge in [0.15, 0.2) is 0 Å². The Hall–Kier alpha value is -2.00. The first-order chi connectivity index (χ1) is 19.7. The van der Waals surface area contributed by atoms with Crippen LogP contribution in [0.3, 0.4) is 0 Å². The highest BCUT2D eigenvalue weighted by Crippen LogP contribution is 2.79. The van der Waals surface area contributed by atoms with Crippen molar-refractivity contribution in [2.24, 2.45) is 0 Å². The monoisotopic (exact) mass is 564 g/mol. The van der Waals surface area contributed by atoms with Gasteiger partial charge in [0.05, 0.1) is 0 Å². The Labute approximate surface area is 245 Å². The van der Waals surface area contributed by atoms with E-state index < -0.39 is 7.92 Å². The fourth-order valence-corrected chi connectivity index (χ4v) is 18.1. The summed E-state index contributed by atoms with van der Waals surface area (Å²) in [6.45, 7) is 4.79. The van der Waals surface area contributed by atoms with Crippen LogP contribution in [0.1, 0.15) is 88.7 Å². The molecule has 40 heavy (non-hydrogen) atoms. The molecular formula is C38H46P2. The van der Waals surface area contributed by atoms with Gasteiger partial charge < -0.3 is 0 Å². The number of rotatable bonds is 7. The molecule has 0 saturated heterocycles. The van der Waals surface area contributed by atoms with Gasteiger partial charge in [0.25, 0.3) is 0 Å². The maximum absolute atomic E-state index is 2.60. The molecule has 0 radical (unpaired) electrons. The van der Waals surface area contributed by atoms with Crippen LogP contribution in [0.4, 0.5) is 0 Å². The summed E-state index contributed by atoms with van der Waals surface area (Å²) in [5, 5.41) is 3.13. The van der Waals surface area contributed by atoms with E-state index in [9.17, 15) is 0 Å². The van der Waals surface area contributed by atoms with E-state index in [0.717, 1.165) is 11.3 Å². The number of benzene rings is 3. The number of hydrogen-bond acceptors (Lipinski definition) is 0. The van der Waals surface area contributed by atoms with Gasteiger partial charge in [0.2, 0.25) is 0 Å². The molecule has 2 saturated carbocycles. The van der Waals surface area contributed by atoms with Gasteiger partial charge in [-0.15, -0.1) is 0 Å². The van der Waals surface area contributed by atoms with Crippen LogP contribution in [0.2, 0.25) is 0 Å². The van der Waals surface area contributed by atoms with Crippen molar-refractivity contribution in [2.75, 3.05) is 0 Å². The minimum atomic E-state index is -0.625. The Kier molecular flexibility index (Phi) is 9.06. The molecular weight excluding hydrogens is 518 g/mol. The summed E-state index contributed by atoms with van der Waals surface area (Å²) >= 11 is 0. The zero-order chi connectivity index (χ0) is 27.4. The van der Waals surface area contributed by atoms with E-state index in [0.29, 0.717) is 0 Å². The van der Waals surface area contributed by atoms with Crippen LogP contribution in [0.15, 0.2) is 103 Å². The summed E-state index contributed by atoms with van der Waals surface area (Å²) < 4.78 is 0. The molecule has 3 aliphatic carbocycles. The van der Waals surface area contributed by atoms with Crippen LogP contribution < -0.4 is 10.6 Å². The summed E-state index contributed by atoms with van der Waals surface area (Å²) in [4.78, 5) is 0.141. The Bertz CT molecular complexity index is 1250. The van der Waals surface area contributed by atoms with E-state index in [4.69, 9.17) is 0 Å². The summed E-state index contributed by atoms with van der Waals surface area (Å²) in [5.74, 6) is 0. The summed E-state index contributed by atoms with van der Waals surface area (Å²) in [5.41, 5.74) is 7.93. The van der Waals surface area contributed by atoms with E-state index in [-0.39, 0.29) is 12.8 Å². The molecule has 0 heterocycles. The summed E-state index contributed by atoms with van der Waals surface area (Å²) in [6, 6.07) is 32.8. The predicted octanol–water partition coefficient (Wildman–Crippen LogP) is 10.7. The lowest BCUT2D eigenvalue weighted by atomic mass is 9.89. The lowest BCUT2D eigenvalue weighted by molar-refractivity contribution is 0.481. The summed E-state index contributed by atoms with van der Waals surface area (Å²) in [6.07, 6.45) is 20.6. The molecule has 208 valence electrons. The van der Waals surface area contributed by atoms with Crippen molar-refractivity contribution in [3.8, 4) is 0 Å².